The number of carbonyl (C=O) groups excluding carboxylic acids is 1. The van der Waals surface area contributed by atoms with Crippen molar-refractivity contribution < 1.29 is 13.9 Å². The minimum absolute atomic E-state index is 0.0128. The summed E-state index contributed by atoms with van der Waals surface area (Å²) >= 11 is 0.379. The van der Waals surface area contributed by atoms with E-state index in [1.165, 1.54) is 19.4 Å². The number of aromatic nitrogens is 5. The molecule has 3 heterocycles. The van der Waals surface area contributed by atoms with Gasteiger partial charge in [0.05, 0.1) is 0 Å². The van der Waals surface area contributed by atoms with E-state index in [0.717, 1.165) is 25.7 Å². The fraction of sp³-hybridized carbons (Fsp3) is 0.450. The molecule has 0 unspecified atom stereocenters. The van der Waals surface area contributed by atoms with Crippen LogP contribution in [0.2, 0.25) is 0 Å². The number of hydrogen-bond acceptors (Lipinski definition) is 7. The summed E-state index contributed by atoms with van der Waals surface area (Å²) in [5.41, 5.74) is 1.14. The molecule has 10 heteroatoms. The van der Waals surface area contributed by atoms with Crippen molar-refractivity contribution in [3.05, 3.63) is 30.3 Å². The van der Waals surface area contributed by atoms with E-state index in [0.29, 0.717) is 66.3 Å². The van der Waals surface area contributed by atoms with Gasteiger partial charge < -0.3 is 0 Å². The van der Waals surface area contributed by atoms with Crippen LogP contribution in [0.5, 0.6) is 0 Å². The third kappa shape index (κ3) is 3.36. The molecule has 0 aromatic carbocycles. The van der Waals surface area contributed by atoms with Crippen LogP contribution >= 0.6 is 0 Å². The Kier molecular flexibility index (Phi) is 5.15. The van der Waals surface area contributed by atoms with Gasteiger partial charge in [-0.3, -0.25) is 0 Å². The van der Waals surface area contributed by atoms with Gasteiger partial charge in [-0.1, -0.05) is 0 Å². The van der Waals surface area contributed by atoms with Crippen molar-refractivity contribution in [1.82, 2.24) is 22.5 Å². The van der Waals surface area contributed by atoms with E-state index in [4.69, 9.17) is 4.74 Å². The standard InChI is InChI=1S/C20H20FN6O2.Tl/c1-29-20(28)15-10-2-4-11(5-3-10)16(15)24-14-6-7-22-19(25-14)17-13-8-12(21)9-23-18(13)27-26-17;/h6-11,15-16H,2-5H2,1H3,(H-,22,23,24,25,26,27);/q-1;+1/t10?,11?,15-,16-;/m1./s1. The molecule has 3 aromatic heterocycles. The molecule has 0 spiro atoms. The number of pyridine rings is 1. The number of esters is 1. The second-order valence-corrected chi connectivity index (χ2v) is 9.88. The van der Waals surface area contributed by atoms with E-state index >= 15 is 0 Å². The number of rotatable bonds is 4. The first-order valence-electron chi connectivity index (χ1n) is 10.0. The molecule has 0 saturated heterocycles. The number of anilines is 1. The second-order valence-electron chi connectivity index (χ2n) is 7.98. The van der Waals surface area contributed by atoms with Crippen molar-refractivity contribution in [2.24, 2.45) is 17.8 Å². The number of halogens is 1. The SMILES string of the molecule is COC(=O)[C@@H]1C2CCC(CC2)[C@H]1Nc1ccnc(-c2n[n]([Tl])c3ncc(F)cc23)n1. The summed E-state index contributed by atoms with van der Waals surface area (Å²) in [4.78, 5) is 25.6. The number of nitrogens with zero attached hydrogens (tertiary/aromatic N) is 5. The molecule has 0 aliphatic heterocycles. The molecule has 3 aromatic rings. The molecule has 3 aliphatic carbocycles. The van der Waals surface area contributed by atoms with E-state index in [1.807, 2.05) is 0 Å². The van der Waals surface area contributed by atoms with Gasteiger partial charge in [0.2, 0.25) is 0 Å². The molecular weight excluding hydrogens is 580 g/mol. The first-order chi connectivity index (χ1) is 14.5. The van der Waals surface area contributed by atoms with Crippen molar-refractivity contribution in [3.8, 4) is 11.5 Å². The molecule has 1 N–H and O–H groups in total. The number of methoxy groups -OCH3 is 1. The number of nitrogens with one attached hydrogen (secondary N) is 1. The van der Waals surface area contributed by atoms with Crippen LogP contribution < -0.4 is 5.32 Å². The predicted octanol–water partition coefficient (Wildman–Crippen LogP) is 2.35. The van der Waals surface area contributed by atoms with Gasteiger partial charge in [0, 0.05) is 0 Å². The van der Waals surface area contributed by atoms with E-state index in [9.17, 15) is 9.18 Å². The van der Waals surface area contributed by atoms with E-state index in [-0.39, 0.29) is 17.9 Å². The van der Waals surface area contributed by atoms with Crippen LogP contribution in [-0.4, -0.2) is 67.7 Å². The summed E-state index contributed by atoms with van der Waals surface area (Å²) in [6.45, 7) is 0. The Morgan fingerprint density at radius 3 is 2.80 bits per heavy atom. The molecule has 3 aliphatic rings. The van der Waals surface area contributed by atoms with Gasteiger partial charge in [0.1, 0.15) is 0 Å². The van der Waals surface area contributed by atoms with Crippen molar-refractivity contribution in [2.45, 2.75) is 31.7 Å². The number of hydrogen-bond donors (Lipinski definition) is 1. The number of carbonyl (C=O) groups is 1. The van der Waals surface area contributed by atoms with Crippen molar-refractivity contribution in [3.63, 3.8) is 0 Å². The average molecular weight is 600 g/mol. The van der Waals surface area contributed by atoms with Gasteiger partial charge in [-0.2, -0.15) is 0 Å². The van der Waals surface area contributed by atoms with E-state index < -0.39 is 5.82 Å². The van der Waals surface area contributed by atoms with Gasteiger partial charge in [0.15, 0.2) is 0 Å². The molecular formula is C20H20FN6O2Tl. The Labute approximate surface area is 188 Å². The summed E-state index contributed by atoms with van der Waals surface area (Å²) in [6.07, 6.45) is 7.20. The molecule has 152 valence electrons. The van der Waals surface area contributed by atoms with Gasteiger partial charge in [-0.25, -0.2) is 0 Å². The Hall–Kier alpha value is -2.18. The predicted molar refractivity (Wildman–Crippen MR) is 108 cm³/mol. The summed E-state index contributed by atoms with van der Waals surface area (Å²) < 4.78 is 20.6. The average Bonchev–Trinajstić information content (AvgIpc) is 3.10. The summed E-state index contributed by atoms with van der Waals surface area (Å²) in [5.74, 6) is 1.07. The van der Waals surface area contributed by atoms with Crippen LogP contribution in [-0.2, 0) is 9.53 Å². The molecule has 0 amide bonds. The monoisotopic (exact) mass is 600 g/mol. The zero-order valence-corrected chi connectivity index (χ0v) is 20.9. The van der Waals surface area contributed by atoms with Gasteiger partial charge >= 0.3 is 189 Å². The number of ether oxygens (including phenoxy) is 1. The van der Waals surface area contributed by atoms with Crippen LogP contribution in [0, 0.1) is 23.6 Å². The third-order valence-electron chi connectivity index (χ3n) is 6.39. The molecule has 0 radical (unpaired) electrons. The van der Waals surface area contributed by atoms with Gasteiger partial charge in [-0.05, 0) is 0 Å². The summed E-state index contributed by atoms with van der Waals surface area (Å²) in [5, 5.41) is 8.60. The van der Waals surface area contributed by atoms with Crippen LogP contribution in [0.1, 0.15) is 25.7 Å². The molecule has 6 rings (SSSR count). The molecule has 30 heavy (non-hydrogen) atoms. The molecule has 2 bridgehead atoms. The Bertz CT molecular complexity index is 1110. The third-order valence-corrected chi connectivity index (χ3v) is 7.79. The molecule has 3 fully saturated rings. The van der Waals surface area contributed by atoms with Crippen LogP contribution in [0.25, 0.3) is 22.6 Å². The van der Waals surface area contributed by atoms with E-state index in [2.05, 4.69) is 25.4 Å². The Balaban J connectivity index is 1.49. The van der Waals surface area contributed by atoms with Crippen LogP contribution in [0.3, 0.4) is 0 Å². The minimum atomic E-state index is -0.421. The quantitative estimate of drug-likeness (QED) is 0.364. The van der Waals surface area contributed by atoms with Crippen LogP contribution in [0.15, 0.2) is 24.5 Å². The molecule has 8 nitrogen and oxygen atoms in total. The fourth-order valence-electron chi connectivity index (χ4n) is 5.02. The van der Waals surface area contributed by atoms with Crippen molar-refractivity contribution in [1.29, 1.82) is 0 Å². The molecule has 3 saturated carbocycles. The Morgan fingerprint density at radius 1 is 1.27 bits per heavy atom. The maximum atomic E-state index is 13.8. The topological polar surface area (TPSA) is 94.8 Å². The van der Waals surface area contributed by atoms with E-state index in [1.54, 1.807) is 14.8 Å². The van der Waals surface area contributed by atoms with Gasteiger partial charge in [0.25, 0.3) is 0 Å². The summed E-state index contributed by atoms with van der Waals surface area (Å²) in [6, 6.07) is 3.20. The normalized spacial score (nSPS) is 25.4. The zero-order valence-electron chi connectivity index (χ0n) is 16.5. The molecule has 2 atom stereocenters. The Morgan fingerprint density at radius 2 is 2.03 bits per heavy atom. The van der Waals surface area contributed by atoms with Crippen molar-refractivity contribution >= 4 is 48.9 Å². The fourth-order valence-corrected chi connectivity index (χ4v) is 6.27. The second kappa shape index (κ2) is 7.82. The first-order valence-corrected chi connectivity index (χ1v) is 12.0. The first kappa shape index (κ1) is 19.8. The summed E-state index contributed by atoms with van der Waals surface area (Å²) in [7, 11) is 1.45. The number of fused-ring (bicyclic) bond motifs is 4. The maximum absolute atomic E-state index is 13.8. The van der Waals surface area contributed by atoms with Crippen molar-refractivity contribution in [2.75, 3.05) is 12.4 Å². The van der Waals surface area contributed by atoms with Gasteiger partial charge in [-0.15, -0.1) is 0 Å². The zero-order chi connectivity index (χ0) is 20.8. The van der Waals surface area contributed by atoms with Crippen LogP contribution in [0.4, 0.5) is 10.2 Å².